The highest BCUT2D eigenvalue weighted by atomic mass is 32.2. The minimum absolute atomic E-state index is 0.186. The lowest BCUT2D eigenvalue weighted by Crippen LogP contribution is -2.39. The van der Waals surface area contributed by atoms with Crippen LogP contribution in [0, 0.1) is 0 Å². The summed E-state index contributed by atoms with van der Waals surface area (Å²) in [6, 6.07) is 13.6. The van der Waals surface area contributed by atoms with Crippen molar-refractivity contribution in [1.82, 2.24) is 5.32 Å². The first-order valence-corrected chi connectivity index (χ1v) is 9.48. The average molecular weight is 417 g/mol. The summed E-state index contributed by atoms with van der Waals surface area (Å²) in [5.74, 6) is -0.983. The van der Waals surface area contributed by atoms with E-state index in [4.69, 9.17) is 4.74 Å². The van der Waals surface area contributed by atoms with Crippen LogP contribution in [0.5, 0.6) is 5.75 Å². The first-order valence-electron chi connectivity index (χ1n) is 8.07. The molecule has 0 saturated carbocycles. The SMILES string of the molecule is COC(=O)[C@H](Cc1ccc(OS(=O)(=O)C(F)(F)F)cc1)NCc1ccccc1. The van der Waals surface area contributed by atoms with E-state index in [1.54, 1.807) is 0 Å². The van der Waals surface area contributed by atoms with Crippen LogP contribution in [0.4, 0.5) is 13.2 Å². The van der Waals surface area contributed by atoms with Gasteiger partial charge in [0.1, 0.15) is 11.8 Å². The number of benzene rings is 2. The van der Waals surface area contributed by atoms with Gasteiger partial charge >= 0.3 is 21.6 Å². The summed E-state index contributed by atoms with van der Waals surface area (Å²) in [4.78, 5) is 12.0. The predicted molar refractivity (Wildman–Crippen MR) is 94.8 cm³/mol. The van der Waals surface area contributed by atoms with Crippen LogP contribution in [-0.2, 0) is 32.6 Å². The summed E-state index contributed by atoms with van der Waals surface area (Å²) >= 11 is 0. The van der Waals surface area contributed by atoms with Crippen LogP contribution < -0.4 is 9.50 Å². The summed E-state index contributed by atoms with van der Waals surface area (Å²) in [6.07, 6.45) is 0.186. The van der Waals surface area contributed by atoms with Gasteiger partial charge in [0.2, 0.25) is 0 Å². The first kappa shape index (κ1) is 21.7. The van der Waals surface area contributed by atoms with Crippen LogP contribution in [0.25, 0.3) is 0 Å². The number of alkyl halides is 3. The van der Waals surface area contributed by atoms with Gasteiger partial charge in [-0.2, -0.15) is 21.6 Å². The molecule has 0 aromatic heterocycles. The third-order valence-corrected chi connectivity index (χ3v) is 4.71. The molecule has 0 saturated heterocycles. The van der Waals surface area contributed by atoms with E-state index in [9.17, 15) is 26.4 Å². The molecule has 0 bridgehead atoms. The van der Waals surface area contributed by atoms with E-state index in [1.807, 2.05) is 30.3 Å². The zero-order chi connectivity index (χ0) is 20.8. The zero-order valence-corrected chi connectivity index (χ0v) is 15.6. The van der Waals surface area contributed by atoms with E-state index >= 15 is 0 Å². The molecule has 0 aliphatic rings. The number of halogens is 3. The third kappa shape index (κ3) is 5.96. The Labute approximate surface area is 160 Å². The molecule has 0 spiro atoms. The number of carbonyl (C=O) groups is 1. The Morgan fingerprint density at radius 1 is 1.04 bits per heavy atom. The van der Waals surface area contributed by atoms with Crippen LogP contribution in [0.3, 0.4) is 0 Å². The highest BCUT2D eigenvalue weighted by Crippen LogP contribution is 2.27. The third-order valence-electron chi connectivity index (χ3n) is 3.73. The van der Waals surface area contributed by atoms with Crippen LogP contribution in [0.15, 0.2) is 54.6 Å². The smallest absolute Gasteiger partial charge is 0.468 e. The standard InChI is InChI=1S/C18H18F3NO5S/c1-26-17(23)16(22-12-14-5-3-2-4-6-14)11-13-7-9-15(10-8-13)27-28(24,25)18(19,20)21/h2-10,16,22H,11-12H2,1H3/t16-/m0/s1. The minimum atomic E-state index is -5.73. The number of methoxy groups -OCH3 is 1. The highest BCUT2D eigenvalue weighted by Gasteiger charge is 2.48. The van der Waals surface area contributed by atoms with Crippen LogP contribution >= 0.6 is 0 Å². The molecule has 28 heavy (non-hydrogen) atoms. The van der Waals surface area contributed by atoms with Crippen LogP contribution in [-0.4, -0.2) is 33.0 Å². The maximum atomic E-state index is 12.4. The predicted octanol–water partition coefficient (Wildman–Crippen LogP) is 2.79. The second-order valence-corrected chi connectivity index (χ2v) is 7.31. The number of hydrogen-bond donors (Lipinski definition) is 1. The monoisotopic (exact) mass is 417 g/mol. The molecule has 0 fully saturated rings. The molecule has 0 radical (unpaired) electrons. The lowest BCUT2D eigenvalue weighted by Gasteiger charge is -2.17. The Morgan fingerprint density at radius 3 is 2.18 bits per heavy atom. The molecule has 0 aliphatic carbocycles. The van der Waals surface area contributed by atoms with Crippen molar-refractivity contribution < 1.29 is 35.3 Å². The molecule has 152 valence electrons. The van der Waals surface area contributed by atoms with Crippen LogP contribution in [0.1, 0.15) is 11.1 Å². The van der Waals surface area contributed by atoms with E-state index in [2.05, 4.69) is 9.50 Å². The maximum absolute atomic E-state index is 12.4. The minimum Gasteiger partial charge on any atom is -0.468 e. The normalized spacial score (nSPS) is 13.0. The van der Waals surface area contributed by atoms with E-state index in [0.29, 0.717) is 12.1 Å². The number of carbonyl (C=O) groups excluding carboxylic acids is 1. The van der Waals surface area contributed by atoms with Gasteiger partial charge in [-0.05, 0) is 29.7 Å². The van der Waals surface area contributed by atoms with E-state index in [0.717, 1.165) is 17.7 Å². The lowest BCUT2D eigenvalue weighted by atomic mass is 10.1. The van der Waals surface area contributed by atoms with Gasteiger partial charge < -0.3 is 14.2 Å². The van der Waals surface area contributed by atoms with Crippen molar-refractivity contribution >= 4 is 16.1 Å². The fraction of sp³-hybridized carbons (Fsp3) is 0.278. The van der Waals surface area contributed by atoms with Crippen molar-refractivity contribution in [2.24, 2.45) is 0 Å². The topological polar surface area (TPSA) is 81.7 Å². The molecule has 6 nitrogen and oxygen atoms in total. The Morgan fingerprint density at radius 2 is 1.64 bits per heavy atom. The zero-order valence-electron chi connectivity index (χ0n) is 14.8. The second-order valence-electron chi connectivity index (χ2n) is 5.77. The molecule has 2 rings (SSSR count). The van der Waals surface area contributed by atoms with Gasteiger partial charge in [-0.25, -0.2) is 0 Å². The summed E-state index contributed by atoms with van der Waals surface area (Å²) in [6.45, 7) is 0.408. The van der Waals surface area contributed by atoms with Crippen molar-refractivity contribution in [2.75, 3.05) is 7.11 Å². The van der Waals surface area contributed by atoms with Crippen molar-refractivity contribution in [3.8, 4) is 5.75 Å². The quantitative estimate of drug-likeness (QED) is 0.404. The summed E-state index contributed by atoms with van der Waals surface area (Å²) in [5, 5.41) is 3.06. The van der Waals surface area contributed by atoms with Gasteiger partial charge in [-0.15, -0.1) is 0 Å². The molecule has 2 aromatic carbocycles. The molecule has 0 amide bonds. The molecule has 10 heteroatoms. The summed E-state index contributed by atoms with van der Waals surface area (Å²) in [7, 11) is -4.48. The lowest BCUT2D eigenvalue weighted by molar-refractivity contribution is -0.143. The Hall–Kier alpha value is -2.59. The first-order chi connectivity index (χ1) is 13.1. The number of rotatable bonds is 8. The fourth-order valence-corrected chi connectivity index (χ4v) is 2.77. The van der Waals surface area contributed by atoms with Crippen molar-refractivity contribution in [3.05, 3.63) is 65.7 Å². The number of ether oxygens (including phenoxy) is 1. The van der Waals surface area contributed by atoms with Crippen molar-refractivity contribution in [3.63, 3.8) is 0 Å². The fourth-order valence-electron chi connectivity index (χ4n) is 2.31. The molecule has 0 heterocycles. The second kappa shape index (κ2) is 9.07. The summed E-state index contributed by atoms with van der Waals surface area (Å²) in [5.41, 5.74) is -3.98. The molecular formula is C18H18F3NO5S. The molecular weight excluding hydrogens is 399 g/mol. The largest absolute Gasteiger partial charge is 0.534 e. The molecule has 2 aromatic rings. The van der Waals surface area contributed by atoms with Gasteiger partial charge in [-0.3, -0.25) is 4.79 Å². The average Bonchev–Trinajstić information content (AvgIpc) is 2.65. The Balaban J connectivity index is 2.05. The number of nitrogens with one attached hydrogen (secondary N) is 1. The van der Waals surface area contributed by atoms with Gasteiger partial charge in [0.05, 0.1) is 7.11 Å². The van der Waals surface area contributed by atoms with Gasteiger partial charge in [0.15, 0.2) is 0 Å². The number of hydrogen-bond acceptors (Lipinski definition) is 6. The van der Waals surface area contributed by atoms with E-state index < -0.39 is 33.4 Å². The van der Waals surface area contributed by atoms with Crippen LogP contribution in [0.2, 0.25) is 0 Å². The summed E-state index contributed by atoms with van der Waals surface area (Å²) < 4.78 is 67.9. The van der Waals surface area contributed by atoms with Gasteiger partial charge in [0.25, 0.3) is 0 Å². The van der Waals surface area contributed by atoms with Crippen molar-refractivity contribution in [1.29, 1.82) is 0 Å². The maximum Gasteiger partial charge on any atom is 0.534 e. The number of esters is 1. The van der Waals surface area contributed by atoms with Gasteiger partial charge in [-0.1, -0.05) is 42.5 Å². The molecule has 0 unspecified atom stereocenters. The Kier molecular flexibility index (Phi) is 7.03. The van der Waals surface area contributed by atoms with E-state index in [-0.39, 0.29) is 6.42 Å². The van der Waals surface area contributed by atoms with Crippen molar-refractivity contribution in [2.45, 2.75) is 24.5 Å². The highest BCUT2D eigenvalue weighted by molar-refractivity contribution is 7.88. The molecule has 0 aliphatic heterocycles. The van der Waals surface area contributed by atoms with E-state index in [1.165, 1.54) is 19.2 Å². The van der Waals surface area contributed by atoms with Gasteiger partial charge in [0, 0.05) is 6.54 Å². The molecule has 1 atom stereocenters. The molecule has 1 N–H and O–H groups in total. The Bertz CT molecular complexity index is 884.